The highest BCUT2D eigenvalue weighted by atomic mass is 35.5. The van der Waals surface area contributed by atoms with E-state index in [1.807, 2.05) is 6.07 Å². The topological polar surface area (TPSA) is 130 Å². The van der Waals surface area contributed by atoms with Crippen molar-refractivity contribution in [3.63, 3.8) is 0 Å². The summed E-state index contributed by atoms with van der Waals surface area (Å²) >= 11 is 8.02. The smallest absolute Gasteiger partial charge is 0.341 e. The van der Waals surface area contributed by atoms with Gasteiger partial charge in [0.05, 0.1) is 29.2 Å². The second-order valence-corrected chi connectivity index (χ2v) is 10.0. The number of thiophene rings is 1. The van der Waals surface area contributed by atoms with Gasteiger partial charge in [-0.3, -0.25) is 9.59 Å². The molecule has 0 aliphatic rings. The van der Waals surface area contributed by atoms with E-state index >= 15 is 0 Å². The Morgan fingerprint density at radius 2 is 1.64 bits per heavy atom. The number of anilines is 3. The number of nitrogens with one attached hydrogen (secondary N) is 3. The Morgan fingerprint density at radius 1 is 1.03 bits per heavy atom. The van der Waals surface area contributed by atoms with E-state index in [9.17, 15) is 19.6 Å². The molecule has 0 fully saturated rings. The fraction of sp³-hybridized carbons (Fsp3) is 0.185. The summed E-state index contributed by atoms with van der Waals surface area (Å²) in [5.41, 5.74) is 1.33. The fourth-order valence-electron chi connectivity index (χ4n) is 3.38. The van der Waals surface area contributed by atoms with E-state index in [1.165, 1.54) is 0 Å². The second-order valence-electron chi connectivity index (χ2n) is 7.77. The van der Waals surface area contributed by atoms with Gasteiger partial charge in [-0.15, -0.1) is 23.1 Å². The quantitative estimate of drug-likeness (QED) is 0.144. The SMILES string of the molecule is CCOC(=O)c1c(N/C(SC)=C(/C#N)C(=O)Nc2ccc(Cl)cc2)sc(C(=O)Nc2ccc(OC)cc2)c1C. The molecule has 2 aromatic carbocycles. The first-order chi connectivity index (χ1) is 18.7. The van der Waals surface area contributed by atoms with E-state index in [-0.39, 0.29) is 32.7 Å². The lowest BCUT2D eigenvalue weighted by molar-refractivity contribution is -0.112. The number of nitrogens with zero attached hydrogens (tertiary/aromatic N) is 1. The molecule has 202 valence electrons. The number of rotatable bonds is 10. The number of esters is 1. The zero-order valence-electron chi connectivity index (χ0n) is 21.5. The fourth-order valence-corrected chi connectivity index (χ4v) is 5.21. The molecule has 0 aliphatic carbocycles. The normalized spacial score (nSPS) is 11.1. The molecule has 0 aliphatic heterocycles. The van der Waals surface area contributed by atoms with Crippen molar-refractivity contribution < 1.29 is 23.9 Å². The molecule has 0 atom stereocenters. The lowest BCUT2D eigenvalue weighted by Crippen LogP contribution is -2.17. The van der Waals surface area contributed by atoms with Crippen LogP contribution in [0.25, 0.3) is 0 Å². The number of nitriles is 1. The second kappa shape index (κ2) is 13.7. The van der Waals surface area contributed by atoms with Gasteiger partial charge >= 0.3 is 5.97 Å². The molecule has 3 aromatic rings. The molecule has 12 heteroatoms. The van der Waals surface area contributed by atoms with Gasteiger partial charge in [-0.1, -0.05) is 11.6 Å². The van der Waals surface area contributed by atoms with Crippen molar-refractivity contribution in [1.29, 1.82) is 5.26 Å². The van der Waals surface area contributed by atoms with Gasteiger partial charge in [-0.05, 0) is 74.2 Å². The molecule has 3 N–H and O–H groups in total. The summed E-state index contributed by atoms with van der Waals surface area (Å²) in [6.45, 7) is 3.43. The molecule has 1 heterocycles. The maximum absolute atomic E-state index is 13.2. The molecule has 0 bridgehead atoms. The Labute approximate surface area is 239 Å². The van der Waals surface area contributed by atoms with Crippen molar-refractivity contribution in [3.8, 4) is 11.8 Å². The van der Waals surface area contributed by atoms with Gasteiger partial charge in [0.1, 0.15) is 22.4 Å². The molecular weight excluding hydrogens is 560 g/mol. The summed E-state index contributed by atoms with van der Waals surface area (Å²) in [6.07, 6.45) is 1.68. The molecule has 39 heavy (non-hydrogen) atoms. The lowest BCUT2D eigenvalue weighted by Gasteiger charge is -2.12. The van der Waals surface area contributed by atoms with Crippen LogP contribution in [-0.4, -0.2) is 37.8 Å². The molecule has 2 amide bonds. The predicted octanol–water partition coefficient (Wildman–Crippen LogP) is 6.30. The number of carbonyl (C=O) groups excluding carboxylic acids is 3. The molecule has 3 rings (SSSR count). The average molecular weight is 585 g/mol. The molecule has 9 nitrogen and oxygen atoms in total. The third kappa shape index (κ3) is 7.32. The van der Waals surface area contributed by atoms with Crippen LogP contribution in [0.4, 0.5) is 16.4 Å². The molecule has 0 spiro atoms. The van der Waals surface area contributed by atoms with Gasteiger partial charge in [0.15, 0.2) is 0 Å². The first-order valence-corrected chi connectivity index (χ1v) is 13.9. The minimum Gasteiger partial charge on any atom is -0.497 e. The predicted molar refractivity (Wildman–Crippen MR) is 156 cm³/mol. The van der Waals surface area contributed by atoms with Crippen molar-refractivity contribution in [2.45, 2.75) is 13.8 Å². The maximum atomic E-state index is 13.2. The van der Waals surface area contributed by atoms with Gasteiger partial charge in [-0.2, -0.15) is 5.26 Å². The van der Waals surface area contributed by atoms with Gasteiger partial charge in [0.2, 0.25) is 0 Å². The van der Waals surface area contributed by atoms with Crippen LogP contribution in [0.5, 0.6) is 5.75 Å². The van der Waals surface area contributed by atoms with E-state index in [4.69, 9.17) is 21.1 Å². The molecule has 1 aromatic heterocycles. The third-order valence-corrected chi connectivity index (χ3v) is 7.45. The van der Waals surface area contributed by atoms with Crippen LogP contribution in [0.15, 0.2) is 59.1 Å². The first-order valence-electron chi connectivity index (χ1n) is 11.5. The highest BCUT2D eigenvalue weighted by molar-refractivity contribution is 8.02. The Bertz CT molecular complexity index is 1440. The number of halogens is 1. The van der Waals surface area contributed by atoms with Gasteiger partial charge in [0, 0.05) is 16.4 Å². The molecule has 0 radical (unpaired) electrons. The number of benzene rings is 2. The Balaban J connectivity index is 1.97. The van der Waals surface area contributed by atoms with E-state index < -0.39 is 17.8 Å². The average Bonchev–Trinajstić information content (AvgIpc) is 3.26. The van der Waals surface area contributed by atoms with E-state index in [1.54, 1.807) is 75.7 Å². The van der Waals surface area contributed by atoms with Crippen LogP contribution in [0.1, 0.15) is 32.5 Å². The van der Waals surface area contributed by atoms with Crippen LogP contribution in [0.2, 0.25) is 5.02 Å². The number of amides is 2. The van der Waals surface area contributed by atoms with Crippen molar-refractivity contribution >= 4 is 68.9 Å². The van der Waals surface area contributed by atoms with E-state index in [0.717, 1.165) is 23.1 Å². The number of hydrogen-bond acceptors (Lipinski definition) is 9. The summed E-state index contributed by atoms with van der Waals surface area (Å²) in [6, 6.07) is 15.2. The minimum atomic E-state index is -0.653. The zero-order valence-corrected chi connectivity index (χ0v) is 23.9. The maximum Gasteiger partial charge on any atom is 0.341 e. The van der Waals surface area contributed by atoms with Crippen LogP contribution < -0.4 is 20.7 Å². The Hall–Kier alpha value is -3.98. The minimum absolute atomic E-state index is 0.124. The van der Waals surface area contributed by atoms with Gasteiger partial charge in [0.25, 0.3) is 11.8 Å². The number of methoxy groups -OCH3 is 1. The summed E-state index contributed by atoms with van der Waals surface area (Å²) in [5.74, 6) is -1.08. The van der Waals surface area contributed by atoms with Crippen molar-refractivity contribution in [1.82, 2.24) is 0 Å². The Kier molecular flexibility index (Phi) is 10.4. The van der Waals surface area contributed by atoms with Crippen LogP contribution >= 0.6 is 34.7 Å². The molecule has 0 unspecified atom stereocenters. The molecule has 0 saturated heterocycles. The van der Waals surface area contributed by atoms with Gasteiger partial charge in [-0.25, -0.2) is 4.79 Å². The van der Waals surface area contributed by atoms with Crippen molar-refractivity contribution in [2.75, 3.05) is 35.9 Å². The number of hydrogen-bond donors (Lipinski definition) is 3. The summed E-state index contributed by atoms with van der Waals surface area (Å²) in [7, 11) is 1.55. The van der Waals surface area contributed by atoms with E-state index in [0.29, 0.717) is 27.7 Å². The highest BCUT2D eigenvalue weighted by Crippen LogP contribution is 2.37. The number of ether oxygens (including phenoxy) is 2. The largest absolute Gasteiger partial charge is 0.497 e. The first kappa shape index (κ1) is 29.6. The number of carbonyl (C=O) groups is 3. The van der Waals surface area contributed by atoms with Crippen LogP contribution in [-0.2, 0) is 9.53 Å². The molecular formula is C27H25ClN4O5S2. The zero-order chi connectivity index (χ0) is 28.5. The van der Waals surface area contributed by atoms with Crippen LogP contribution in [0, 0.1) is 18.3 Å². The monoisotopic (exact) mass is 584 g/mol. The van der Waals surface area contributed by atoms with Crippen molar-refractivity contribution in [3.05, 3.63) is 80.2 Å². The van der Waals surface area contributed by atoms with Gasteiger partial charge < -0.3 is 25.4 Å². The third-order valence-electron chi connectivity index (χ3n) is 5.28. The van der Waals surface area contributed by atoms with Crippen LogP contribution in [0.3, 0.4) is 0 Å². The van der Waals surface area contributed by atoms with Crippen molar-refractivity contribution in [2.24, 2.45) is 0 Å². The summed E-state index contributed by atoms with van der Waals surface area (Å²) in [4.78, 5) is 39.2. The lowest BCUT2D eigenvalue weighted by atomic mass is 10.1. The standard InChI is InChI=1S/C27H25ClN4O5S2/c1-5-37-27(35)21-15(2)22(24(34)31-18-10-12-19(36-3)13-11-18)39-26(21)32-25(38-4)20(14-29)23(33)30-17-8-6-16(28)7-9-17/h6-13,32H,5H2,1-4H3,(H,30,33)(H,31,34)/b25-20+. The molecule has 0 saturated carbocycles. The summed E-state index contributed by atoms with van der Waals surface area (Å²) < 4.78 is 10.4. The Morgan fingerprint density at radius 3 is 2.21 bits per heavy atom. The van der Waals surface area contributed by atoms with E-state index in [2.05, 4.69) is 16.0 Å². The highest BCUT2D eigenvalue weighted by Gasteiger charge is 2.27. The number of thioether (sulfide) groups is 1. The summed E-state index contributed by atoms with van der Waals surface area (Å²) in [5, 5.41) is 19.2.